The molecule has 0 aliphatic rings. The zero-order valence-electron chi connectivity index (χ0n) is 7.97. The van der Waals surface area contributed by atoms with E-state index in [0.29, 0.717) is 5.82 Å². The standard InChI is InChI=1S/C9H6F2N4S/c10-7-3-12-4-8(11)6(7)5-15-2-1-9(13-15)14-16/h1-4H,5H2. The van der Waals surface area contributed by atoms with Crippen molar-refractivity contribution in [2.45, 2.75) is 6.54 Å². The summed E-state index contributed by atoms with van der Waals surface area (Å²) in [5.74, 6) is -1.07. The lowest BCUT2D eigenvalue weighted by Crippen LogP contribution is -2.05. The van der Waals surface area contributed by atoms with Crippen LogP contribution in [-0.4, -0.2) is 14.8 Å². The van der Waals surface area contributed by atoms with Crippen molar-refractivity contribution in [3.63, 3.8) is 0 Å². The maximum atomic E-state index is 13.2. The fourth-order valence-corrected chi connectivity index (χ4v) is 1.34. The molecule has 0 unspecified atom stereocenters. The second-order valence-corrected chi connectivity index (χ2v) is 3.23. The van der Waals surface area contributed by atoms with Gasteiger partial charge in [-0.25, -0.2) is 8.78 Å². The van der Waals surface area contributed by atoms with Gasteiger partial charge in [-0.15, -0.1) is 0 Å². The zero-order valence-corrected chi connectivity index (χ0v) is 8.79. The molecule has 2 heterocycles. The summed E-state index contributed by atoms with van der Waals surface area (Å²) in [5, 5.41) is 3.90. The maximum Gasteiger partial charge on any atom is 0.187 e. The predicted molar refractivity (Wildman–Crippen MR) is 54.9 cm³/mol. The van der Waals surface area contributed by atoms with Gasteiger partial charge in [0.05, 0.1) is 18.9 Å². The van der Waals surface area contributed by atoms with Gasteiger partial charge in [0.15, 0.2) is 5.82 Å². The molecule has 4 nitrogen and oxygen atoms in total. The molecule has 0 N–H and O–H groups in total. The van der Waals surface area contributed by atoms with Gasteiger partial charge in [0.2, 0.25) is 0 Å². The molecular weight excluding hydrogens is 234 g/mol. The van der Waals surface area contributed by atoms with E-state index in [2.05, 4.69) is 26.9 Å². The molecule has 2 aromatic heterocycles. The van der Waals surface area contributed by atoms with Crippen LogP contribution in [0.3, 0.4) is 0 Å². The van der Waals surface area contributed by atoms with E-state index < -0.39 is 11.6 Å². The molecule has 0 radical (unpaired) electrons. The number of rotatable bonds is 3. The number of halogens is 2. The molecule has 16 heavy (non-hydrogen) atoms. The second-order valence-electron chi connectivity index (χ2n) is 3.04. The largest absolute Gasteiger partial charge is 0.266 e. The third-order valence-electron chi connectivity index (χ3n) is 1.99. The topological polar surface area (TPSA) is 43.1 Å². The molecule has 0 fully saturated rings. The van der Waals surface area contributed by atoms with Crippen LogP contribution in [-0.2, 0) is 19.0 Å². The lowest BCUT2D eigenvalue weighted by atomic mass is 10.2. The van der Waals surface area contributed by atoms with Crippen molar-refractivity contribution >= 4 is 18.2 Å². The van der Waals surface area contributed by atoms with E-state index in [1.807, 2.05) is 0 Å². The van der Waals surface area contributed by atoms with E-state index in [1.54, 1.807) is 12.3 Å². The summed E-state index contributed by atoms with van der Waals surface area (Å²) in [5.41, 5.74) is -0.0889. The van der Waals surface area contributed by atoms with Gasteiger partial charge in [0.25, 0.3) is 0 Å². The minimum absolute atomic E-state index is 0.0228. The van der Waals surface area contributed by atoms with Gasteiger partial charge in [0, 0.05) is 30.3 Å². The first-order valence-electron chi connectivity index (χ1n) is 4.35. The van der Waals surface area contributed by atoms with Gasteiger partial charge in [0.1, 0.15) is 11.6 Å². The van der Waals surface area contributed by atoms with Gasteiger partial charge in [-0.3, -0.25) is 9.67 Å². The van der Waals surface area contributed by atoms with Crippen LogP contribution < -0.4 is 0 Å². The van der Waals surface area contributed by atoms with Crippen molar-refractivity contribution in [3.8, 4) is 0 Å². The van der Waals surface area contributed by atoms with Crippen LogP contribution >= 0.6 is 0 Å². The molecular formula is C9H6F2N4S. The lowest BCUT2D eigenvalue weighted by Gasteiger charge is -2.03. The van der Waals surface area contributed by atoms with Crippen LogP contribution in [0.15, 0.2) is 29.0 Å². The molecule has 2 aromatic rings. The number of aromatic nitrogens is 3. The fraction of sp³-hybridized carbons (Fsp3) is 0.111. The highest BCUT2D eigenvalue weighted by molar-refractivity contribution is 7.47. The second kappa shape index (κ2) is 4.40. The molecule has 0 amide bonds. The van der Waals surface area contributed by atoms with Crippen LogP contribution in [0.4, 0.5) is 14.6 Å². The molecule has 82 valence electrons. The van der Waals surface area contributed by atoms with Crippen LogP contribution in [0.5, 0.6) is 0 Å². The van der Waals surface area contributed by atoms with Crippen LogP contribution in [0, 0.1) is 11.6 Å². The molecule has 0 aliphatic heterocycles. The molecule has 0 saturated carbocycles. The molecule has 0 saturated heterocycles. The van der Waals surface area contributed by atoms with Gasteiger partial charge < -0.3 is 0 Å². The summed E-state index contributed by atoms with van der Waals surface area (Å²) in [7, 11) is 0. The SMILES string of the molecule is Fc1cncc(F)c1Cn1ccc(N=S)n1. The molecule has 0 aromatic carbocycles. The summed E-state index contributed by atoms with van der Waals surface area (Å²) in [6, 6.07) is 1.56. The molecule has 0 aliphatic carbocycles. The minimum atomic E-state index is -0.702. The molecule has 0 spiro atoms. The first kappa shape index (κ1) is 10.7. The van der Waals surface area contributed by atoms with Crippen LogP contribution in [0.1, 0.15) is 5.56 Å². The molecule has 2 rings (SSSR count). The highest BCUT2D eigenvalue weighted by Gasteiger charge is 2.10. The van der Waals surface area contributed by atoms with Gasteiger partial charge >= 0.3 is 0 Å². The third kappa shape index (κ3) is 2.08. The van der Waals surface area contributed by atoms with Crippen molar-refractivity contribution in [1.29, 1.82) is 0 Å². The minimum Gasteiger partial charge on any atom is -0.266 e. The Labute approximate surface area is 95.1 Å². The average molecular weight is 240 g/mol. The fourth-order valence-electron chi connectivity index (χ4n) is 1.24. The number of nitrogens with zero attached hydrogens (tertiary/aromatic N) is 4. The Balaban J connectivity index is 2.29. The van der Waals surface area contributed by atoms with E-state index in [9.17, 15) is 8.78 Å². The average Bonchev–Trinajstić information content (AvgIpc) is 2.71. The highest BCUT2D eigenvalue weighted by Crippen LogP contribution is 2.13. The van der Waals surface area contributed by atoms with Gasteiger partial charge in [-0.1, -0.05) is 0 Å². The van der Waals surface area contributed by atoms with Crippen molar-refractivity contribution in [1.82, 2.24) is 14.8 Å². The normalized spacial score (nSPS) is 10.4. The van der Waals surface area contributed by atoms with Crippen LogP contribution in [0.2, 0.25) is 0 Å². The summed E-state index contributed by atoms with van der Waals surface area (Å²) in [6.07, 6.45) is 3.46. The first-order chi connectivity index (χ1) is 7.70. The Morgan fingerprint density at radius 1 is 1.31 bits per heavy atom. The van der Waals surface area contributed by atoms with E-state index in [4.69, 9.17) is 0 Å². The Morgan fingerprint density at radius 2 is 2.00 bits per heavy atom. The Kier molecular flexibility index (Phi) is 2.95. The van der Waals surface area contributed by atoms with E-state index in [-0.39, 0.29) is 12.1 Å². The van der Waals surface area contributed by atoms with Crippen molar-refractivity contribution < 1.29 is 8.78 Å². The molecule has 0 atom stereocenters. The molecule has 0 bridgehead atoms. The van der Waals surface area contributed by atoms with Crippen molar-refractivity contribution in [2.75, 3.05) is 0 Å². The van der Waals surface area contributed by atoms with E-state index >= 15 is 0 Å². The van der Waals surface area contributed by atoms with E-state index in [0.717, 1.165) is 12.4 Å². The summed E-state index contributed by atoms with van der Waals surface area (Å²) in [4.78, 5) is 3.39. The van der Waals surface area contributed by atoms with Crippen LogP contribution in [0.25, 0.3) is 0 Å². The lowest BCUT2D eigenvalue weighted by molar-refractivity contribution is 0.525. The smallest absolute Gasteiger partial charge is 0.187 e. The number of hydrogen-bond donors (Lipinski definition) is 0. The summed E-state index contributed by atoms with van der Waals surface area (Å²) < 4.78 is 31.3. The van der Waals surface area contributed by atoms with Gasteiger partial charge in [-0.2, -0.15) is 9.46 Å². The zero-order chi connectivity index (χ0) is 11.5. The summed E-state index contributed by atoms with van der Waals surface area (Å²) in [6.45, 7) is -0.0228. The Morgan fingerprint density at radius 3 is 2.56 bits per heavy atom. The number of hydrogen-bond acceptors (Lipinski definition) is 4. The quantitative estimate of drug-likeness (QED) is 0.823. The maximum absolute atomic E-state index is 13.2. The van der Waals surface area contributed by atoms with E-state index in [1.165, 1.54) is 4.68 Å². The Hall–Kier alpha value is -1.76. The predicted octanol–water partition coefficient (Wildman–Crippen LogP) is 1.97. The highest BCUT2D eigenvalue weighted by atomic mass is 32.1. The van der Waals surface area contributed by atoms with Crippen molar-refractivity contribution in [3.05, 3.63) is 41.9 Å². The Bertz CT molecular complexity index is 506. The molecule has 7 heteroatoms. The monoisotopic (exact) mass is 240 g/mol. The summed E-state index contributed by atoms with van der Waals surface area (Å²) >= 11 is 4.44. The number of pyridine rings is 1. The van der Waals surface area contributed by atoms with Crippen molar-refractivity contribution in [2.24, 2.45) is 4.36 Å². The van der Waals surface area contributed by atoms with Gasteiger partial charge in [-0.05, 0) is 0 Å². The third-order valence-corrected chi connectivity index (χ3v) is 2.18. The first-order valence-corrected chi connectivity index (χ1v) is 4.72.